The molecule has 8 unspecified atom stereocenters. The van der Waals surface area contributed by atoms with Crippen molar-refractivity contribution in [1.29, 1.82) is 0 Å². The molecule has 0 radical (unpaired) electrons. The first-order valence-electron chi connectivity index (χ1n) is 33.9. The number of allylic oxidation sites excluding steroid dienone is 13. The highest BCUT2D eigenvalue weighted by molar-refractivity contribution is 5.80. The number of hydrogen-bond acceptors (Lipinski definition) is 10. The Balaban J connectivity index is 2.62. The fraction of sp³-hybridized carbons (Fsp3) is 0.775. The van der Waals surface area contributed by atoms with Gasteiger partial charge in [0.15, 0.2) is 12.4 Å². The van der Waals surface area contributed by atoms with Crippen LogP contribution < -0.4 is 5.32 Å². The molecule has 1 fully saturated rings. The number of ether oxygens (including phenoxy) is 3. The number of hydrogen-bond donors (Lipinski definition) is 6. The largest absolute Gasteiger partial charge is 0.454 e. The Kier molecular flexibility index (Phi) is 54.6. The Morgan fingerprint density at radius 3 is 1.28 bits per heavy atom. The normalized spacial score (nSPS) is 19.1. The van der Waals surface area contributed by atoms with Gasteiger partial charge in [-0.05, 0) is 103 Å². The molecule has 0 saturated carbocycles. The maximum atomic E-state index is 13.4. The zero-order valence-electron chi connectivity index (χ0n) is 52.6. The molecule has 0 aromatic heterocycles. The number of carbonyl (C=O) groups is 2. The molecule has 1 rings (SSSR count). The van der Waals surface area contributed by atoms with Crippen molar-refractivity contribution in [2.75, 3.05) is 13.2 Å². The molecular weight excluding hydrogens is 1030 g/mol. The second-order valence-electron chi connectivity index (χ2n) is 23.2. The van der Waals surface area contributed by atoms with Crippen molar-refractivity contribution in [3.63, 3.8) is 0 Å². The number of amides is 1. The average Bonchev–Trinajstić information content (AvgIpc) is 3.44. The van der Waals surface area contributed by atoms with E-state index >= 15 is 0 Å². The summed E-state index contributed by atoms with van der Waals surface area (Å²) < 4.78 is 17.7. The fourth-order valence-corrected chi connectivity index (χ4v) is 10.1. The molecule has 1 saturated heterocycles. The Morgan fingerprint density at radius 1 is 0.476 bits per heavy atom. The number of rotatable bonds is 57. The first-order valence-corrected chi connectivity index (χ1v) is 33.9. The van der Waals surface area contributed by atoms with Crippen LogP contribution in [0.3, 0.4) is 0 Å². The third-order valence-corrected chi connectivity index (χ3v) is 15.5. The summed E-state index contributed by atoms with van der Waals surface area (Å²) in [7, 11) is 0. The van der Waals surface area contributed by atoms with Gasteiger partial charge in [0.1, 0.15) is 24.4 Å². The molecule has 11 nitrogen and oxygen atoms in total. The van der Waals surface area contributed by atoms with Crippen LogP contribution in [0.5, 0.6) is 0 Å². The van der Waals surface area contributed by atoms with Gasteiger partial charge in [-0.2, -0.15) is 0 Å². The smallest absolute Gasteiger partial charge is 0.306 e. The third-order valence-electron chi connectivity index (χ3n) is 15.5. The van der Waals surface area contributed by atoms with E-state index in [4.69, 9.17) is 14.2 Å². The maximum absolute atomic E-state index is 13.4. The molecule has 0 aliphatic carbocycles. The van der Waals surface area contributed by atoms with E-state index in [2.05, 4.69) is 99.0 Å². The molecule has 1 amide bonds. The molecule has 11 heteroatoms. The van der Waals surface area contributed by atoms with Crippen molar-refractivity contribution < 1.29 is 49.3 Å². The Labute approximate surface area is 502 Å². The van der Waals surface area contributed by atoms with E-state index in [1.54, 1.807) is 6.08 Å². The molecule has 0 aromatic carbocycles. The molecule has 0 bridgehead atoms. The fourth-order valence-electron chi connectivity index (χ4n) is 10.1. The topological polar surface area (TPSA) is 175 Å². The Bertz CT molecular complexity index is 1660. The van der Waals surface area contributed by atoms with Gasteiger partial charge >= 0.3 is 5.97 Å². The summed E-state index contributed by atoms with van der Waals surface area (Å²) in [4.78, 5) is 26.6. The molecule has 474 valence electrons. The second kappa shape index (κ2) is 58.2. The van der Waals surface area contributed by atoms with E-state index in [0.29, 0.717) is 12.8 Å². The van der Waals surface area contributed by atoms with Gasteiger partial charge in [0, 0.05) is 6.42 Å². The predicted octanol–water partition coefficient (Wildman–Crippen LogP) is 16.9. The van der Waals surface area contributed by atoms with Crippen LogP contribution in [-0.4, -0.2) is 99.6 Å². The molecule has 82 heavy (non-hydrogen) atoms. The van der Waals surface area contributed by atoms with E-state index in [9.17, 15) is 35.1 Å². The number of aliphatic hydroxyl groups excluding tert-OH is 5. The predicted molar refractivity (Wildman–Crippen MR) is 342 cm³/mol. The van der Waals surface area contributed by atoms with E-state index in [1.807, 2.05) is 6.08 Å². The van der Waals surface area contributed by atoms with Crippen LogP contribution in [0.1, 0.15) is 290 Å². The van der Waals surface area contributed by atoms with Crippen molar-refractivity contribution in [2.45, 2.75) is 339 Å². The van der Waals surface area contributed by atoms with Crippen LogP contribution in [0, 0.1) is 0 Å². The molecule has 1 heterocycles. The highest BCUT2D eigenvalue weighted by Gasteiger charge is 2.47. The zero-order valence-corrected chi connectivity index (χ0v) is 52.6. The van der Waals surface area contributed by atoms with Crippen LogP contribution in [0.4, 0.5) is 0 Å². The minimum Gasteiger partial charge on any atom is -0.454 e. The van der Waals surface area contributed by atoms with E-state index < -0.39 is 67.4 Å². The SMILES string of the molecule is CCCCC/C=C\C/C=C\C/C=C\CCCCCCCCCCCCC(=O)OC1C(OCC(NC(=O)C(O)CCCCCCC/C=C\C/C=C\C/C=C\CCCCC)C(O)/C=C/CCCCCCCCCCCC)OC(CO)C(O)C1O. The van der Waals surface area contributed by atoms with Gasteiger partial charge in [0.05, 0.1) is 25.4 Å². The van der Waals surface area contributed by atoms with Gasteiger partial charge in [-0.1, -0.05) is 266 Å². The van der Waals surface area contributed by atoms with Gasteiger partial charge in [-0.3, -0.25) is 9.59 Å². The van der Waals surface area contributed by atoms with Crippen LogP contribution in [0.2, 0.25) is 0 Å². The lowest BCUT2D eigenvalue weighted by Crippen LogP contribution is -2.61. The first kappa shape index (κ1) is 76.9. The summed E-state index contributed by atoms with van der Waals surface area (Å²) in [6.45, 7) is 5.74. The highest BCUT2D eigenvalue weighted by Crippen LogP contribution is 2.26. The minimum atomic E-state index is -1.62. The van der Waals surface area contributed by atoms with Gasteiger partial charge in [0.25, 0.3) is 0 Å². The van der Waals surface area contributed by atoms with Crippen molar-refractivity contribution in [1.82, 2.24) is 5.32 Å². The van der Waals surface area contributed by atoms with Crippen LogP contribution in [-0.2, 0) is 23.8 Å². The lowest BCUT2D eigenvalue weighted by molar-refractivity contribution is -0.305. The average molecular weight is 1150 g/mol. The lowest BCUT2D eigenvalue weighted by Gasteiger charge is -2.41. The van der Waals surface area contributed by atoms with Crippen molar-refractivity contribution in [2.24, 2.45) is 0 Å². The van der Waals surface area contributed by atoms with Crippen molar-refractivity contribution in [3.8, 4) is 0 Å². The quantitative estimate of drug-likeness (QED) is 0.0195. The molecule has 0 spiro atoms. The minimum absolute atomic E-state index is 0.114. The van der Waals surface area contributed by atoms with Crippen LogP contribution in [0.25, 0.3) is 0 Å². The molecule has 1 aliphatic heterocycles. The van der Waals surface area contributed by atoms with Crippen LogP contribution >= 0.6 is 0 Å². The van der Waals surface area contributed by atoms with E-state index in [0.717, 1.165) is 103 Å². The summed E-state index contributed by atoms with van der Waals surface area (Å²) in [6, 6.07) is -1.04. The van der Waals surface area contributed by atoms with Crippen molar-refractivity contribution in [3.05, 3.63) is 85.1 Å². The maximum Gasteiger partial charge on any atom is 0.306 e. The summed E-state index contributed by atoms with van der Waals surface area (Å²) in [5, 5.41) is 57.1. The third kappa shape index (κ3) is 45.2. The number of nitrogens with one attached hydrogen (secondary N) is 1. The molecule has 8 atom stereocenters. The molecule has 6 N–H and O–H groups in total. The summed E-state index contributed by atoms with van der Waals surface area (Å²) in [6.07, 6.45) is 66.1. The van der Waals surface area contributed by atoms with Crippen LogP contribution in [0.15, 0.2) is 85.1 Å². The summed E-state index contributed by atoms with van der Waals surface area (Å²) in [5.74, 6) is -1.21. The Morgan fingerprint density at radius 2 is 0.841 bits per heavy atom. The molecular formula is C71H125NO10. The number of esters is 1. The summed E-state index contributed by atoms with van der Waals surface area (Å²) >= 11 is 0. The Hall–Kier alpha value is -3.16. The van der Waals surface area contributed by atoms with Gasteiger partial charge in [-0.25, -0.2) is 0 Å². The number of carbonyl (C=O) groups excluding carboxylic acids is 2. The van der Waals surface area contributed by atoms with E-state index in [1.165, 1.54) is 141 Å². The van der Waals surface area contributed by atoms with E-state index in [-0.39, 0.29) is 19.4 Å². The molecule has 0 aromatic rings. The summed E-state index contributed by atoms with van der Waals surface area (Å²) in [5.41, 5.74) is 0. The lowest BCUT2D eigenvalue weighted by atomic mass is 9.99. The first-order chi connectivity index (χ1) is 40.2. The van der Waals surface area contributed by atoms with Gasteiger partial charge in [0.2, 0.25) is 5.91 Å². The van der Waals surface area contributed by atoms with Gasteiger partial charge in [-0.15, -0.1) is 0 Å². The van der Waals surface area contributed by atoms with Gasteiger partial charge < -0.3 is 45.1 Å². The number of aliphatic hydroxyl groups is 5. The second-order valence-corrected chi connectivity index (χ2v) is 23.2. The van der Waals surface area contributed by atoms with Crippen molar-refractivity contribution >= 4 is 11.9 Å². The standard InChI is InChI=1S/C71H125NO10/c1-4-7-10-13-16-19-22-25-27-29-31-32-33-34-35-37-39-41-44-47-50-53-56-59-66(76)82-69-68(78)67(77)65(60-73)81-71(69)80-61-62(63(74)57-54-51-48-45-42-24-21-18-15-12-9-6-3)72-70(79)64(75)58-55-52-49-46-43-40-38-36-30-28-26-23-20-17-14-11-8-5-2/h16-17,19-20,25-28,31-32,36,38,54,57,62-65,67-69,71,73-75,77-78H,4-15,18,21-24,29-30,33-35,37,39-53,55-56,58-61H2,1-3H3,(H,72,79)/b19-16-,20-17-,27-25-,28-26-,32-31-,38-36-,57-54+. The highest BCUT2D eigenvalue weighted by atomic mass is 16.7. The monoisotopic (exact) mass is 1150 g/mol. The number of unbranched alkanes of at least 4 members (excludes halogenated alkanes) is 31. The molecule has 1 aliphatic rings. The zero-order chi connectivity index (χ0) is 59.6.